The van der Waals surface area contributed by atoms with Gasteiger partial charge in [-0.1, -0.05) is 24.3 Å². The second-order valence-electron chi connectivity index (χ2n) is 7.06. The third-order valence-electron chi connectivity index (χ3n) is 4.92. The average molecular weight is 378 g/mol. The first-order valence-corrected chi connectivity index (χ1v) is 9.20. The molecule has 4 rings (SSSR count). The fourth-order valence-corrected chi connectivity index (χ4v) is 3.57. The molecular weight excluding hydrogens is 356 g/mol. The third-order valence-corrected chi connectivity index (χ3v) is 4.92. The molecule has 0 radical (unpaired) electrons. The van der Waals surface area contributed by atoms with E-state index in [9.17, 15) is 15.0 Å². The standard InChI is InChI=1S/C21H22N4O3/c1-24(2)10-9-22-16-8-7-15-17-18(16)20(27)14-6-4-3-5-13(14)19(17)23-25(11-12-26)21(15)28/h3-8,26,28H,9-12H2,1-2H3. The molecule has 2 N–H and O–H groups in total. The Bertz CT molecular complexity index is 1290. The minimum Gasteiger partial charge on any atom is -0.493 e. The molecule has 4 aromatic rings. The summed E-state index contributed by atoms with van der Waals surface area (Å²) in [5, 5.41) is 28.1. The fraction of sp³-hybridized carbons (Fsp3) is 0.286. The molecule has 1 aromatic heterocycles. The van der Waals surface area contributed by atoms with E-state index < -0.39 is 0 Å². The van der Waals surface area contributed by atoms with Gasteiger partial charge in [-0.15, -0.1) is 0 Å². The highest BCUT2D eigenvalue weighted by atomic mass is 16.3. The van der Waals surface area contributed by atoms with E-state index in [1.54, 1.807) is 18.2 Å². The molecule has 7 nitrogen and oxygen atoms in total. The lowest BCUT2D eigenvalue weighted by Gasteiger charge is -2.14. The van der Waals surface area contributed by atoms with Crippen molar-refractivity contribution in [3.63, 3.8) is 0 Å². The van der Waals surface area contributed by atoms with Crippen LogP contribution in [0.25, 0.3) is 32.4 Å². The van der Waals surface area contributed by atoms with Crippen LogP contribution in [0.4, 0.5) is 0 Å². The van der Waals surface area contributed by atoms with Crippen molar-refractivity contribution in [3.05, 3.63) is 52.0 Å². The van der Waals surface area contributed by atoms with Crippen LogP contribution in [-0.2, 0) is 6.54 Å². The number of nitrogens with zero attached hydrogens (tertiary/aromatic N) is 4. The molecule has 0 saturated heterocycles. The van der Waals surface area contributed by atoms with Gasteiger partial charge in [-0.3, -0.25) is 9.79 Å². The second kappa shape index (κ2) is 7.18. The largest absolute Gasteiger partial charge is 0.493 e. The minimum absolute atomic E-state index is 0.0685. The number of benzene rings is 3. The predicted octanol–water partition coefficient (Wildman–Crippen LogP) is 1.30. The van der Waals surface area contributed by atoms with Crippen molar-refractivity contribution in [2.45, 2.75) is 6.54 Å². The Kier molecular flexibility index (Phi) is 4.70. The number of aliphatic hydroxyl groups is 1. The Balaban J connectivity index is 2.18. The Labute approximate surface area is 161 Å². The van der Waals surface area contributed by atoms with Gasteiger partial charge in [-0.25, -0.2) is 4.68 Å². The first kappa shape index (κ1) is 18.3. The molecule has 0 aliphatic rings. The Morgan fingerprint density at radius 3 is 2.54 bits per heavy atom. The quantitative estimate of drug-likeness (QED) is 0.404. The van der Waals surface area contributed by atoms with E-state index in [1.165, 1.54) is 4.68 Å². The average Bonchev–Trinajstić information content (AvgIpc) is 2.68. The van der Waals surface area contributed by atoms with Gasteiger partial charge in [0.05, 0.1) is 30.4 Å². The van der Waals surface area contributed by atoms with Crippen molar-refractivity contribution in [1.82, 2.24) is 14.7 Å². The van der Waals surface area contributed by atoms with E-state index in [4.69, 9.17) is 0 Å². The molecule has 0 amide bonds. The summed E-state index contributed by atoms with van der Waals surface area (Å²) in [6.45, 7) is 1.34. The molecule has 28 heavy (non-hydrogen) atoms. The van der Waals surface area contributed by atoms with Crippen molar-refractivity contribution < 1.29 is 10.2 Å². The first-order chi connectivity index (χ1) is 13.5. The lowest BCUT2D eigenvalue weighted by atomic mass is 9.98. The highest BCUT2D eigenvalue weighted by molar-refractivity contribution is 6.20. The first-order valence-electron chi connectivity index (χ1n) is 9.20. The number of aliphatic hydroxyl groups excluding tert-OH is 1. The van der Waals surface area contributed by atoms with Crippen LogP contribution >= 0.6 is 0 Å². The highest BCUT2D eigenvalue weighted by Crippen LogP contribution is 2.32. The molecule has 0 atom stereocenters. The highest BCUT2D eigenvalue weighted by Gasteiger charge is 2.18. The zero-order valence-corrected chi connectivity index (χ0v) is 15.9. The van der Waals surface area contributed by atoms with Gasteiger partial charge in [0.1, 0.15) is 5.52 Å². The van der Waals surface area contributed by atoms with Crippen LogP contribution in [0.1, 0.15) is 0 Å². The van der Waals surface area contributed by atoms with Gasteiger partial charge in [-0.2, -0.15) is 5.10 Å². The molecule has 0 saturated carbocycles. The molecule has 0 aliphatic heterocycles. The van der Waals surface area contributed by atoms with Crippen molar-refractivity contribution in [1.29, 1.82) is 0 Å². The lowest BCUT2D eigenvalue weighted by Crippen LogP contribution is -2.20. The fourth-order valence-electron chi connectivity index (χ4n) is 3.57. The predicted molar refractivity (Wildman–Crippen MR) is 110 cm³/mol. The maximum atomic E-state index is 13.3. The van der Waals surface area contributed by atoms with E-state index >= 15 is 0 Å². The van der Waals surface area contributed by atoms with Gasteiger partial charge in [0.25, 0.3) is 0 Å². The molecule has 3 aromatic carbocycles. The normalized spacial score (nSPS) is 12.8. The van der Waals surface area contributed by atoms with Crippen LogP contribution in [0, 0.1) is 0 Å². The molecule has 0 unspecified atom stereocenters. The number of rotatable bonds is 5. The number of hydrogen-bond donors (Lipinski definition) is 2. The molecule has 7 heteroatoms. The van der Waals surface area contributed by atoms with Crippen LogP contribution in [-0.4, -0.2) is 58.7 Å². The van der Waals surface area contributed by atoms with Gasteiger partial charge >= 0.3 is 0 Å². The molecule has 0 spiro atoms. The summed E-state index contributed by atoms with van der Waals surface area (Å²) in [5.41, 5.74) is 0.509. The van der Waals surface area contributed by atoms with E-state index in [0.717, 1.165) is 11.9 Å². The van der Waals surface area contributed by atoms with Gasteiger partial charge < -0.3 is 15.1 Å². The summed E-state index contributed by atoms with van der Waals surface area (Å²) in [5.74, 6) is -0.0685. The maximum Gasteiger partial charge on any atom is 0.215 e. The Morgan fingerprint density at radius 1 is 1.07 bits per heavy atom. The van der Waals surface area contributed by atoms with Crippen LogP contribution in [0.3, 0.4) is 0 Å². The molecule has 0 aliphatic carbocycles. The van der Waals surface area contributed by atoms with Gasteiger partial charge in [0.2, 0.25) is 5.88 Å². The molecule has 0 bridgehead atoms. The zero-order valence-electron chi connectivity index (χ0n) is 15.9. The SMILES string of the molecule is CN(C)CCN=c1ccc2c(O)n(CCO)nc3c4ccccc4c(=O)c1c23. The van der Waals surface area contributed by atoms with Crippen molar-refractivity contribution in [3.8, 4) is 5.88 Å². The van der Waals surface area contributed by atoms with Crippen LogP contribution in [0.5, 0.6) is 5.88 Å². The summed E-state index contributed by atoms with van der Waals surface area (Å²) in [7, 11) is 3.95. The van der Waals surface area contributed by atoms with Crippen LogP contribution in [0.15, 0.2) is 46.2 Å². The second-order valence-corrected chi connectivity index (χ2v) is 7.06. The molecule has 144 valence electrons. The molecule has 0 fully saturated rings. The van der Waals surface area contributed by atoms with Crippen molar-refractivity contribution >= 4 is 32.4 Å². The third kappa shape index (κ3) is 2.89. The Morgan fingerprint density at radius 2 is 1.82 bits per heavy atom. The topological polar surface area (TPSA) is 90.9 Å². The van der Waals surface area contributed by atoms with Gasteiger partial charge in [0.15, 0.2) is 5.43 Å². The smallest absolute Gasteiger partial charge is 0.215 e. The number of aromatic nitrogens is 2. The zero-order chi connectivity index (χ0) is 19.8. The van der Waals surface area contributed by atoms with E-state index in [2.05, 4.69) is 10.1 Å². The van der Waals surface area contributed by atoms with Crippen molar-refractivity contribution in [2.24, 2.45) is 4.99 Å². The summed E-state index contributed by atoms with van der Waals surface area (Å²) < 4.78 is 1.37. The van der Waals surface area contributed by atoms with Gasteiger partial charge in [-0.05, 0) is 26.2 Å². The number of aromatic hydroxyl groups is 1. The van der Waals surface area contributed by atoms with Crippen LogP contribution in [0.2, 0.25) is 0 Å². The monoisotopic (exact) mass is 378 g/mol. The number of likely N-dealkylation sites (N-methyl/N-ethyl adjacent to an activating group) is 1. The number of fused-ring (bicyclic) bond motifs is 2. The van der Waals surface area contributed by atoms with E-state index in [0.29, 0.717) is 39.0 Å². The maximum absolute atomic E-state index is 13.3. The molecule has 1 heterocycles. The lowest BCUT2D eigenvalue weighted by molar-refractivity contribution is 0.258. The summed E-state index contributed by atoms with van der Waals surface area (Å²) in [6, 6.07) is 10.9. The van der Waals surface area contributed by atoms with Gasteiger partial charge in [0, 0.05) is 28.1 Å². The van der Waals surface area contributed by atoms with E-state index in [1.807, 2.05) is 37.2 Å². The Hall–Kier alpha value is -3.03. The summed E-state index contributed by atoms with van der Waals surface area (Å²) in [6.07, 6.45) is 0. The van der Waals surface area contributed by atoms with Crippen molar-refractivity contribution in [2.75, 3.05) is 33.8 Å². The number of hydrogen-bond acceptors (Lipinski definition) is 6. The van der Waals surface area contributed by atoms with Crippen LogP contribution < -0.4 is 10.8 Å². The summed E-state index contributed by atoms with van der Waals surface area (Å²) >= 11 is 0. The molecular formula is C21H22N4O3. The van der Waals surface area contributed by atoms with E-state index in [-0.39, 0.29) is 24.5 Å². The summed E-state index contributed by atoms with van der Waals surface area (Å²) in [4.78, 5) is 20.0. The minimum atomic E-state index is -0.151.